The van der Waals surface area contributed by atoms with Crippen LogP contribution >= 0.6 is 0 Å². The zero-order chi connectivity index (χ0) is 21.3. The number of hydrogen-bond acceptors (Lipinski definition) is 4. The van der Waals surface area contributed by atoms with Crippen LogP contribution in [0.5, 0.6) is 0 Å². The summed E-state index contributed by atoms with van der Waals surface area (Å²) in [5, 5.41) is 3.87. The van der Waals surface area contributed by atoms with E-state index in [1.165, 1.54) is 0 Å². The molecule has 0 saturated carbocycles. The van der Waals surface area contributed by atoms with Crippen molar-refractivity contribution < 1.29 is 14.0 Å². The fraction of sp³-hybridized carbons (Fsp3) is 0.292. The molecule has 0 bridgehead atoms. The van der Waals surface area contributed by atoms with Gasteiger partial charge in [0.05, 0.1) is 6.04 Å². The SMILES string of the molecule is CCc1c(C(C)N(C)C(=O)C=Cc2cnc3c(c2)CCC(=O)N3)oc2ccccc12. The van der Waals surface area contributed by atoms with E-state index in [-0.39, 0.29) is 17.9 Å². The normalized spacial score (nSPS) is 14.6. The summed E-state index contributed by atoms with van der Waals surface area (Å²) in [5.74, 6) is 1.31. The van der Waals surface area contributed by atoms with E-state index in [4.69, 9.17) is 4.42 Å². The van der Waals surface area contributed by atoms with Crippen molar-refractivity contribution in [3.63, 3.8) is 0 Å². The van der Waals surface area contributed by atoms with Gasteiger partial charge in [-0.15, -0.1) is 0 Å². The fourth-order valence-corrected chi connectivity index (χ4v) is 3.84. The number of furan rings is 1. The topological polar surface area (TPSA) is 75.4 Å². The second-order valence-electron chi connectivity index (χ2n) is 7.58. The van der Waals surface area contributed by atoms with Gasteiger partial charge in [0.25, 0.3) is 0 Å². The Labute approximate surface area is 175 Å². The number of anilines is 1. The monoisotopic (exact) mass is 403 g/mol. The lowest BCUT2D eigenvalue weighted by Gasteiger charge is -2.23. The molecule has 6 heteroatoms. The summed E-state index contributed by atoms with van der Waals surface area (Å²) in [6, 6.07) is 9.74. The molecule has 1 aromatic carbocycles. The predicted octanol–water partition coefficient (Wildman–Crippen LogP) is 4.51. The first kappa shape index (κ1) is 19.9. The molecule has 0 spiro atoms. The number of nitrogens with zero attached hydrogens (tertiary/aromatic N) is 2. The number of pyridine rings is 1. The lowest BCUT2D eigenvalue weighted by molar-refractivity contribution is -0.126. The van der Waals surface area contributed by atoms with E-state index in [0.29, 0.717) is 18.7 Å². The maximum absolute atomic E-state index is 12.8. The predicted molar refractivity (Wildman–Crippen MR) is 117 cm³/mol. The van der Waals surface area contributed by atoms with Gasteiger partial charge in [0, 0.05) is 36.7 Å². The second kappa shape index (κ2) is 8.14. The van der Waals surface area contributed by atoms with Gasteiger partial charge in [-0.1, -0.05) is 25.1 Å². The number of hydrogen-bond donors (Lipinski definition) is 1. The van der Waals surface area contributed by atoms with Crippen molar-refractivity contribution in [2.24, 2.45) is 0 Å². The molecule has 30 heavy (non-hydrogen) atoms. The summed E-state index contributed by atoms with van der Waals surface area (Å²) in [7, 11) is 1.78. The molecule has 1 unspecified atom stereocenters. The van der Waals surface area contributed by atoms with Crippen molar-refractivity contribution in [3.05, 3.63) is 65.1 Å². The Morgan fingerprint density at radius 3 is 2.93 bits per heavy atom. The van der Waals surface area contributed by atoms with Gasteiger partial charge in [-0.3, -0.25) is 9.59 Å². The van der Waals surface area contributed by atoms with Crippen molar-refractivity contribution in [2.45, 2.75) is 39.2 Å². The number of para-hydroxylation sites is 1. The fourth-order valence-electron chi connectivity index (χ4n) is 3.84. The first-order valence-corrected chi connectivity index (χ1v) is 10.2. The number of amides is 2. The number of fused-ring (bicyclic) bond motifs is 2. The van der Waals surface area contributed by atoms with Crippen molar-refractivity contribution in [3.8, 4) is 0 Å². The van der Waals surface area contributed by atoms with Gasteiger partial charge in [-0.05, 0) is 49.1 Å². The third-order valence-electron chi connectivity index (χ3n) is 5.68. The largest absolute Gasteiger partial charge is 0.459 e. The number of aryl methyl sites for hydroxylation is 2. The number of benzene rings is 1. The molecule has 0 aliphatic carbocycles. The average molecular weight is 403 g/mol. The molecule has 154 valence electrons. The van der Waals surface area contributed by atoms with Crippen molar-refractivity contribution in [1.29, 1.82) is 0 Å². The number of rotatable bonds is 5. The van der Waals surface area contributed by atoms with Crippen LogP contribution in [0, 0.1) is 0 Å². The van der Waals surface area contributed by atoms with Crippen LogP contribution in [-0.2, 0) is 22.4 Å². The number of carbonyl (C=O) groups is 2. The molecular formula is C24H25N3O3. The molecule has 3 aromatic rings. The quantitative estimate of drug-likeness (QED) is 0.636. The van der Waals surface area contributed by atoms with E-state index in [1.54, 1.807) is 30.3 Å². The standard InChI is InChI=1S/C24H25N3O3/c1-4-18-19-7-5-6-8-20(19)30-23(18)15(2)27(3)22(29)12-9-16-13-17-10-11-21(28)26-24(17)25-14-16/h5-9,12-15H,4,10-11H2,1-3H3,(H,25,26,28). The molecule has 0 fully saturated rings. The van der Waals surface area contributed by atoms with Crippen molar-refractivity contribution in [1.82, 2.24) is 9.88 Å². The first-order chi connectivity index (χ1) is 14.5. The summed E-state index contributed by atoms with van der Waals surface area (Å²) in [6.07, 6.45) is 6.92. The molecule has 0 saturated heterocycles. The highest BCUT2D eigenvalue weighted by Crippen LogP contribution is 2.32. The van der Waals surface area contributed by atoms with Crippen molar-refractivity contribution in [2.75, 3.05) is 12.4 Å². The Morgan fingerprint density at radius 2 is 2.13 bits per heavy atom. The lowest BCUT2D eigenvalue weighted by Crippen LogP contribution is -2.28. The Balaban J connectivity index is 1.52. The number of carbonyl (C=O) groups excluding carboxylic acids is 2. The smallest absolute Gasteiger partial charge is 0.246 e. The van der Waals surface area contributed by atoms with Gasteiger partial charge in [0.2, 0.25) is 11.8 Å². The minimum absolute atomic E-state index is 0.0129. The highest BCUT2D eigenvalue weighted by Gasteiger charge is 2.23. The van der Waals surface area contributed by atoms with Crippen LogP contribution in [0.3, 0.4) is 0 Å². The molecule has 0 radical (unpaired) electrons. The van der Waals surface area contributed by atoms with Crippen LogP contribution in [-0.4, -0.2) is 28.7 Å². The summed E-state index contributed by atoms with van der Waals surface area (Å²) in [4.78, 5) is 30.2. The Kier molecular flexibility index (Phi) is 5.40. The minimum atomic E-state index is -0.193. The van der Waals surface area contributed by atoms with E-state index in [2.05, 4.69) is 23.3 Å². The van der Waals surface area contributed by atoms with Gasteiger partial charge in [0.15, 0.2) is 0 Å². The molecule has 2 amide bonds. The molecule has 2 aromatic heterocycles. The van der Waals surface area contributed by atoms with Gasteiger partial charge >= 0.3 is 0 Å². The number of likely N-dealkylation sites (N-methyl/N-ethyl adjacent to an activating group) is 1. The van der Waals surface area contributed by atoms with E-state index in [1.807, 2.05) is 31.2 Å². The molecule has 1 aliphatic heterocycles. The molecule has 1 aliphatic rings. The summed E-state index contributed by atoms with van der Waals surface area (Å²) in [5.41, 5.74) is 3.81. The molecule has 1 N–H and O–H groups in total. The number of nitrogens with one attached hydrogen (secondary N) is 1. The van der Waals surface area contributed by atoms with Gasteiger partial charge < -0.3 is 14.6 Å². The summed E-state index contributed by atoms with van der Waals surface area (Å²) < 4.78 is 6.09. The molecule has 3 heterocycles. The maximum atomic E-state index is 12.8. The van der Waals surface area contributed by atoms with Gasteiger partial charge in [-0.25, -0.2) is 4.98 Å². The third kappa shape index (κ3) is 3.73. The third-order valence-corrected chi connectivity index (χ3v) is 5.68. The second-order valence-corrected chi connectivity index (χ2v) is 7.58. The van der Waals surface area contributed by atoms with Crippen LogP contribution in [0.2, 0.25) is 0 Å². The Bertz CT molecular complexity index is 1150. The Morgan fingerprint density at radius 1 is 1.33 bits per heavy atom. The van der Waals surface area contributed by atoms with Crippen LogP contribution in [0.1, 0.15) is 48.8 Å². The van der Waals surface area contributed by atoms with E-state index in [0.717, 1.165) is 39.8 Å². The van der Waals surface area contributed by atoms with Crippen LogP contribution in [0.15, 0.2) is 47.0 Å². The van der Waals surface area contributed by atoms with Gasteiger partial charge in [0.1, 0.15) is 17.2 Å². The summed E-state index contributed by atoms with van der Waals surface area (Å²) in [6.45, 7) is 4.08. The average Bonchev–Trinajstić information content (AvgIpc) is 3.15. The number of aromatic nitrogens is 1. The van der Waals surface area contributed by atoms with Crippen LogP contribution < -0.4 is 5.32 Å². The van der Waals surface area contributed by atoms with Crippen LogP contribution in [0.25, 0.3) is 17.0 Å². The molecular weight excluding hydrogens is 378 g/mol. The molecule has 1 atom stereocenters. The summed E-state index contributed by atoms with van der Waals surface area (Å²) >= 11 is 0. The highest BCUT2D eigenvalue weighted by molar-refractivity contribution is 5.94. The maximum Gasteiger partial charge on any atom is 0.246 e. The van der Waals surface area contributed by atoms with Gasteiger partial charge in [-0.2, -0.15) is 0 Å². The zero-order valence-electron chi connectivity index (χ0n) is 17.4. The van der Waals surface area contributed by atoms with E-state index < -0.39 is 0 Å². The molecule has 4 rings (SSSR count). The van der Waals surface area contributed by atoms with Crippen molar-refractivity contribution >= 4 is 34.7 Å². The van der Waals surface area contributed by atoms with Crippen LogP contribution in [0.4, 0.5) is 5.82 Å². The highest BCUT2D eigenvalue weighted by atomic mass is 16.3. The Hall–Kier alpha value is -3.41. The van der Waals surface area contributed by atoms with E-state index >= 15 is 0 Å². The zero-order valence-corrected chi connectivity index (χ0v) is 17.4. The molecule has 6 nitrogen and oxygen atoms in total. The first-order valence-electron chi connectivity index (χ1n) is 10.2. The van der Waals surface area contributed by atoms with E-state index in [9.17, 15) is 9.59 Å². The minimum Gasteiger partial charge on any atom is -0.459 e. The lowest BCUT2D eigenvalue weighted by atomic mass is 10.0.